The molecule has 0 saturated carbocycles. The van der Waals surface area contributed by atoms with Crippen molar-refractivity contribution < 1.29 is 13.6 Å². The zero-order valence-corrected chi connectivity index (χ0v) is 22.4. The summed E-state index contributed by atoms with van der Waals surface area (Å²) in [4.78, 5) is 0. The summed E-state index contributed by atoms with van der Waals surface area (Å²) in [6.45, 7) is 6.13. The van der Waals surface area contributed by atoms with Gasteiger partial charge in [0.05, 0.1) is 18.9 Å². The highest BCUT2D eigenvalue weighted by Crippen LogP contribution is 2.57. The molecule has 4 aromatic carbocycles. The third-order valence-corrected chi connectivity index (χ3v) is 7.83. The molecule has 0 aromatic heterocycles. The van der Waals surface area contributed by atoms with Gasteiger partial charge in [-0.05, 0) is 44.0 Å². The molecule has 5 heteroatoms. The Kier molecular flexibility index (Phi) is 8.95. The van der Waals surface area contributed by atoms with Crippen molar-refractivity contribution in [3.05, 3.63) is 143 Å². The molecule has 37 heavy (non-hydrogen) atoms. The summed E-state index contributed by atoms with van der Waals surface area (Å²) in [5, 5.41) is 0. The molecule has 4 rings (SSSR count). The van der Waals surface area contributed by atoms with Crippen LogP contribution in [0, 0.1) is 6.92 Å². The second kappa shape index (κ2) is 12.5. The number of hydrogen-bond donors (Lipinski definition) is 0. The van der Waals surface area contributed by atoms with Gasteiger partial charge in [0.15, 0.2) is 0 Å². The Morgan fingerprint density at radius 1 is 0.676 bits per heavy atom. The Hall–Kier alpha value is -3.65. The van der Waals surface area contributed by atoms with E-state index in [9.17, 15) is 4.57 Å². The van der Waals surface area contributed by atoms with Crippen molar-refractivity contribution in [3.63, 3.8) is 0 Å². The highest BCUT2D eigenvalue weighted by atomic mass is 31.2. The normalized spacial score (nSPS) is 11.0. The maximum atomic E-state index is 14.5. The number of anilines is 1. The molecule has 0 heterocycles. The quantitative estimate of drug-likeness (QED) is 0.158. The summed E-state index contributed by atoms with van der Waals surface area (Å²) >= 11 is 0. The highest BCUT2D eigenvalue weighted by Gasteiger charge is 2.37. The molecular weight excluding hydrogens is 477 g/mol. The van der Waals surface area contributed by atoms with Gasteiger partial charge in [-0.15, -0.1) is 0 Å². The van der Waals surface area contributed by atoms with E-state index in [0.29, 0.717) is 11.4 Å². The number of hydrogen-bond acceptors (Lipinski definition) is 3. The average Bonchev–Trinajstić information content (AvgIpc) is 2.93. The SMILES string of the molecule is CCOP(=O)(OCC)N(C(=C=C(c1ccccc1)c1ccccc1)c1ccccc1)c1ccc(C)cc1. The summed E-state index contributed by atoms with van der Waals surface area (Å²) in [5.41, 5.74) is 9.76. The summed E-state index contributed by atoms with van der Waals surface area (Å²) < 4.78 is 28.0. The van der Waals surface area contributed by atoms with E-state index in [1.165, 1.54) is 0 Å². The maximum absolute atomic E-state index is 14.5. The van der Waals surface area contributed by atoms with Crippen LogP contribution in [0.2, 0.25) is 0 Å². The van der Waals surface area contributed by atoms with Crippen molar-refractivity contribution in [2.24, 2.45) is 0 Å². The number of aryl methyl sites for hydroxylation is 1. The molecule has 0 saturated heterocycles. The number of benzene rings is 4. The van der Waals surface area contributed by atoms with Gasteiger partial charge in [-0.1, -0.05) is 114 Å². The van der Waals surface area contributed by atoms with Crippen molar-refractivity contribution in [2.75, 3.05) is 17.9 Å². The molecule has 0 aliphatic rings. The third-order valence-electron chi connectivity index (χ3n) is 5.74. The Balaban J connectivity index is 2.13. The van der Waals surface area contributed by atoms with Gasteiger partial charge < -0.3 is 0 Å². The van der Waals surface area contributed by atoms with E-state index in [1.54, 1.807) is 4.67 Å². The zero-order valence-electron chi connectivity index (χ0n) is 21.5. The minimum atomic E-state index is -3.81. The van der Waals surface area contributed by atoms with Gasteiger partial charge in [-0.3, -0.25) is 9.05 Å². The first-order valence-corrected chi connectivity index (χ1v) is 14.0. The fraction of sp³-hybridized carbons (Fsp3) is 0.156. The Morgan fingerprint density at radius 3 is 1.54 bits per heavy atom. The molecule has 0 bridgehead atoms. The van der Waals surface area contributed by atoms with E-state index in [2.05, 4.69) is 30.0 Å². The lowest BCUT2D eigenvalue weighted by Gasteiger charge is -2.32. The van der Waals surface area contributed by atoms with E-state index >= 15 is 0 Å². The second-order valence-corrected chi connectivity index (χ2v) is 10.3. The van der Waals surface area contributed by atoms with Crippen LogP contribution in [0.4, 0.5) is 5.69 Å². The highest BCUT2D eigenvalue weighted by molar-refractivity contribution is 7.56. The molecule has 0 atom stereocenters. The first-order valence-electron chi connectivity index (χ1n) is 12.5. The van der Waals surface area contributed by atoms with Gasteiger partial charge in [0.25, 0.3) is 0 Å². The maximum Gasteiger partial charge on any atom is 0.440 e. The van der Waals surface area contributed by atoms with Crippen LogP contribution in [-0.4, -0.2) is 13.2 Å². The van der Waals surface area contributed by atoms with Crippen LogP contribution < -0.4 is 4.67 Å². The topological polar surface area (TPSA) is 38.8 Å². The molecule has 0 aliphatic carbocycles. The molecule has 0 amide bonds. The Morgan fingerprint density at radius 2 is 1.11 bits per heavy atom. The van der Waals surface area contributed by atoms with Crippen molar-refractivity contribution in [1.82, 2.24) is 0 Å². The molecular formula is C32H32NO3P. The largest absolute Gasteiger partial charge is 0.440 e. The fourth-order valence-electron chi connectivity index (χ4n) is 4.04. The standard InChI is InChI=1S/C32H32NO3P/c1-4-35-37(34,36-5-2)33(30-23-21-26(3)22-24-30)32(29-19-13-8-14-20-29)25-31(27-15-9-6-10-16-27)28-17-11-7-12-18-28/h6-24H,4-5H2,1-3H3. The average molecular weight is 510 g/mol. The summed E-state index contributed by atoms with van der Waals surface area (Å²) in [5.74, 6) is 0. The van der Waals surface area contributed by atoms with Crippen LogP contribution in [-0.2, 0) is 13.6 Å². The van der Waals surface area contributed by atoms with Crippen LogP contribution in [0.5, 0.6) is 0 Å². The van der Waals surface area contributed by atoms with Gasteiger partial charge in [0.1, 0.15) is 5.70 Å². The molecule has 188 valence electrons. The summed E-state index contributed by atoms with van der Waals surface area (Å²) in [6, 6.07) is 37.9. The van der Waals surface area contributed by atoms with Crippen LogP contribution in [0.25, 0.3) is 11.3 Å². The monoisotopic (exact) mass is 509 g/mol. The molecule has 0 aliphatic heterocycles. The van der Waals surface area contributed by atoms with E-state index in [4.69, 9.17) is 9.05 Å². The van der Waals surface area contributed by atoms with Crippen LogP contribution in [0.15, 0.2) is 121 Å². The van der Waals surface area contributed by atoms with E-state index in [1.807, 2.05) is 112 Å². The van der Waals surface area contributed by atoms with Gasteiger partial charge in [0, 0.05) is 11.1 Å². The van der Waals surface area contributed by atoms with Crippen LogP contribution >= 0.6 is 7.75 Å². The molecule has 4 nitrogen and oxygen atoms in total. The molecule has 0 N–H and O–H groups in total. The van der Waals surface area contributed by atoms with Crippen molar-refractivity contribution in [1.29, 1.82) is 0 Å². The molecule has 4 aromatic rings. The lowest BCUT2D eigenvalue weighted by Crippen LogP contribution is -2.21. The summed E-state index contributed by atoms with van der Waals surface area (Å²) in [7, 11) is -3.81. The molecule has 0 unspecified atom stereocenters. The minimum Gasteiger partial charge on any atom is -0.292 e. The predicted octanol–water partition coefficient (Wildman–Crippen LogP) is 8.75. The van der Waals surface area contributed by atoms with E-state index < -0.39 is 7.75 Å². The number of rotatable bonds is 10. The number of nitrogens with zero attached hydrogens (tertiary/aromatic N) is 1. The van der Waals surface area contributed by atoms with Gasteiger partial charge in [0.2, 0.25) is 0 Å². The van der Waals surface area contributed by atoms with Crippen LogP contribution in [0.3, 0.4) is 0 Å². The minimum absolute atomic E-state index is 0.232. The fourth-order valence-corrected chi connectivity index (χ4v) is 5.83. The van der Waals surface area contributed by atoms with E-state index in [0.717, 1.165) is 27.8 Å². The second-order valence-electron chi connectivity index (χ2n) is 8.40. The Bertz CT molecular complexity index is 1340. The predicted molar refractivity (Wildman–Crippen MR) is 153 cm³/mol. The lowest BCUT2D eigenvalue weighted by atomic mass is 9.98. The van der Waals surface area contributed by atoms with Crippen molar-refractivity contribution >= 4 is 24.7 Å². The zero-order chi connectivity index (χ0) is 26.1. The Labute approximate surface area is 220 Å². The lowest BCUT2D eigenvalue weighted by molar-refractivity contribution is 0.220. The first-order chi connectivity index (χ1) is 18.1. The molecule has 0 radical (unpaired) electrons. The smallest absolute Gasteiger partial charge is 0.292 e. The van der Waals surface area contributed by atoms with Gasteiger partial charge in [-0.25, -0.2) is 9.24 Å². The third kappa shape index (κ3) is 6.38. The first kappa shape index (κ1) is 26.4. The summed E-state index contributed by atoms with van der Waals surface area (Å²) in [6.07, 6.45) is 0. The van der Waals surface area contributed by atoms with Crippen molar-refractivity contribution in [3.8, 4) is 0 Å². The van der Waals surface area contributed by atoms with E-state index in [-0.39, 0.29) is 13.2 Å². The molecule has 0 spiro atoms. The van der Waals surface area contributed by atoms with Gasteiger partial charge in [-0.2, -0.15) is 0 Å². The van der Waals surface area contributed by atoms with Crippen molar-refractivity contribution in [2.45, 2.75) is 20.8 Å². The molecule has 0 fully saturated rings. The van der Waals surface area contributed by atoms with Crippen LogP contribution in [0.1, 0.15) is 36.1 Å². The van der Waals surface area contributed by atoms with Gasteiger partial charge >= 0.3 is 7.75 Å².